The fourth-order valence-corrected chi connectivity index (χ4v) is 5.14. The van der Waals surface area contributed by atoms with Crippen LogP contribution in [0, 0.1) is 0 Å². The maximum atomic E-state index is 13.2. The van der Waals surface area contributed by atoms with Crippen molar-refractivity contribution < 1.29 is 17.9 Å². The second-order valence-corrected chi connectivity index (χ2v) is 9.67. The summed E-state index contributed by atoms with van der Waals surface area (Å²) >= 11 is 1.44. The lowest BCUT2D eigenvalue weighted by Crippen LogP contribution is -2.32. The van der Waals surface area contributed by atoms with Gasteiger partial charge >= 0.3 is 0 Å². The number of hydrogen-bond acceptors (Lipinski definition) is 5. The van der Waals surface area contributed by atoms with Gasteiger partial charge in [-0.15, -0.1) is 11.8 Å². The molecule has 1 saturated heterocycles. The van der Waals surface area contributed by atoms with E-state index in [0.29, 0.717) is 36.7 Å². The van der Waals surface area contributed by atoms with Crippen LogP contribution in [0.3, 0.4) is 0 Å². The Morgan fingerprint density at radius 3 is 2.50 bits per heavy atom. The molecule has 0 saturated carbocycles. The van der Waals surface area contributed by atoms with E-state index in [1.807, 2.05) is 18.1 Å². The van der Waals surface area contributed by atoms with E-state index in [1.165, 1.54) is 17.8 Å². The molecule has 0 aromatic heterocycles. The first-order valence-corrected chi connectivity index (χ1v) is 12.9. The van der Waals surface area contributed by atoms with Crippen molar-refractivity contribution in [3.05, 3.63) is 48.0 Å². The van der Waals surface area contributed by atoms with Crippen LogP contribution in [0.4, 0.5) is 5.69 Å². The predicted molar refractivity (Wildman–Crippen MR) is 121 cm³/mol. The van der Waals surface area contributed by atoms with Crippen LogP contribution >= 0.6 is 11.8 Å². The number of carbonyl (C=O) groups excluding carboxylic acids is 1. The van der Waals surface area contributed by atoms with Gasteiger partial charge in [0.15, 0.2) is 0 Å². The maximum Gasteiger partial charge on any atom is 0.261 e. The molecule has 1 aliphatic heterocycles. The number of carbonyl (C=O) groups is 1. The lowest BCUT2D eigenvalue weighted by molar-refractivity contribution is 0.0758. The van der Waals surface area contributed by atoms with Gasteiger partial charge in [0.25, 0.3) is 15.9 Å². The number of anilines is 1. The summed E-state index contributed by atoms with van der Waals surface area (Å²) in [5, 5.41) is 0. The zero-order valence-corrected chi connectivity index (χ0v) is 19.0. The Morgan fingerprint density at radius 2 is 1.83 bits per heavy atom. The summed E-state index contributed by atoms with van der Waals surface area (Å²) in [4.78, 5) is 15.9. The Labute approximate surface area is 183 Å². The van der Waals surface area contributed by atoms with Gasteiger partial charge in [0.05, 0.1) is 22.8 Å². The molecule has 30 heavy (non-hydrogen) atoms. The van der Waals surface area contributed by atoms with Crippen LogP contribution in [0.15, 0.2) is 52.3 Å². The van der Waals surface area contributed by atoms with Crippen LogP contribution in [-0.2, 0) is 10.0 Å². The van der Waals surface area contributed by atoms with Crippen molar-refractivity contribution in [2.24, 2.45) is 0 Å². The van der Waals surface area contributed by atoms with E-state index in [-0.39, 0.29) is 10.8 Å². The van der Waals surface area contributed by atoms with Crippen LogP contribution in [0.25, 0.3) is 0 Å². The molecule has 2 aromatic carbocycles. The van der Waals surface area contributed by atoms with Gasteiger partial charge < -0.3 is 9.64 Å². The van der Waals surface area contributed by atoms with E-state index in [0.717, 1.165) is 30.6 Å². The predicted octanol–water partition coefficient (Wildman–Crippen LogP) is 4.62. The van der Waals surface area contributed by atoms with E-state index >= 15 is 0 Å². The highest BCUT2D eigenvalue weighted by atomic mass is 32.2. The average molecular weight is 449 g/mol. The van der Waals surface area contributed by atoms with Crippen molar-refractivity contribution >= 4 is 33.4 Å². The van der Waals surface area contributed by atoms with E-state index in [2.05, 4.69) is 4.72 Å². The van der Waals surface area contributed by atoms with Gasteiger partial charge in [-0.2, -0.15) is 0 Å². The second-order valence-electron chi connectivity index (χ2n) is 7.13. The molecule has 0 atom stereocenters. The van der Waals surface area contributed by atoms with E-state index in [9.17, 15) is 13.2 Å². The van der Waals surface area contributed by atoms with Gasteiger partial charge in [0.1, 0.15) is 5.75 Å². The first-order chi connectivity index (χ1) is 14.4. The molecule has 6 nitrogen and oxygen atoms in total. The summed E-state index contributed by atoms with van der Waals surface area (Å²) in [5.74, 6) is 0.490. The third-order valence-corrected chi connectivity index (χ3v) is 7.18. The molecule has 2 aromatic rings. The number of hydrogen-bond donors (Lipinski definition) is 1. The molecule has 0 aliphatic carbocycles. The number of likely N-dealkylation sites (tertiary alicyclic amines) is 1. The minimum atomic E-state index is -3.85. The number of benzene rings is 2. The van der Waals surface area contributed by atoms with Gasteiger partial charge in [-0.05, 0) is 56.4 Å². The molecule has 0 radical (unpaired) electrons. The monoisotopic (exact) mass is 448 g/mol. The molecule has 1 fully saturated rings. The Morgan fingerprint density at radius 1 is 1.10 bits per heavy atom. The lowest BCUT2D eigenvalue weighted by atomic mass is 10.2. The van der Waals surface area contributed by atoms with Crippen molar-refractivity contribution in [1.82, 2.24) is 4.90 Å². The summed E-state index contributed by atoms with van der Waals surface area (Å²) < 4.78 is 34.0. The minimum absolute atomic E-state index is 0.0697. The molecule has 0 bridgehead atoms. The summed E-state index contributed by atoms with van der Waals surface area (Å²) in [5.41, 5.74) is 0.852. The van der Waals surface area contributed by atoms with Crippen LogP contribution in [0.1, 0.15) is 43.0 Å². The summed E-state index contributed by atoms with van der Waals surface area (Å²) in [6.45, 7) is 3.79. The number of thioether (sulfide) groups is 1. The van der Waals surface area contributed by atoms with Gasteiger partial charge in [-0.1, -0.05) is 18.9 Å². The van der Waals surface area contributed by atoms with E-state index in [4.69, 9.17) is 4.74 Å². The normalized spacial score (nSPS) is 14.8. The number of ether oxygens (including phenoxy) is 1. The molecule has 1 amide bonds. The number of nitrogens with one attached hydrogen (secondary N) is 1. The van der Waals surface area contributed by atoms with Gasteiger partial charge in [-0.3, -0.25) is 9.52 Å². The third kappa shape index (κ3) is 5.49. The summed E-state index contributed by atoms with van der Waals surface area (Å²) in [6, 6.07) is 11.6. The molecule has 8 heteroatoms. The first-order valence-electron chi connectivity index (χ1n) is 10.2. The topological polar surface area (TPSA) is 75.7 Å². The number of rotatable bonds is 7. The van der Waals surface area contributed by atoms with Crippen LogP contribution in [0.2, 0.25) is 0 Å². The molecule has 0 spiro atoms. The average Bonchev–Trinajstić information content (AvgIpc) is 3.02. The van der Waals surface area contributed by atoms with Gasteiger partial charge in [-0.25, -0.2) is 8.42 Å². The van der Waals surface area contributed by atoms with Crippen molar-refractivity contribution in [1.29, 1.82) is 0 Å². The van der Waals surface area contributed by atoms with E-state index < -0.39 is 10.0 Å². The summed E-state index contributed by atoms with van der Waals surface area (Å²) in [6.07, 6.45) is 6.10. The lowest BCUT2D eigenvalue weighted by Gasteiger charge is -2.22. The highest BCUT2D eigenvalue weighted by molar-refractivity contribution is 7.98. The maximum absolute atomic E-state index is 13.2. The highest BCUT2D eigenvalue weighted by Crippen LogP contribution is 2.27. The number of amides is 1. The fraction of sp³-hybridized carbons (Fsp3) is 0.409. The largest absolute Gasteiger partial charge is 0.494 e. The first kappa shape index (κ1) is 22.5. The SMILES string of the molecule is CCOc1cccc(NS(=O)(=O)c2ccc(SC)c(C(=O)N3CCCCCC3)c2)c1. The Bertz CT molecular complexity index is 984. The Balaban J connectivity index is 1.89. The zero-order chi connectivity index (χ0) is 21.6. The van der Waals surface area contributed by atoms with Crippen molar-refractivity contribution in [2.75, 3.05) is 30.7 Å². The zero-order valence-electron chi connectivity index (χ0n) is 17.4. The Kier molecular flexibility index (Phi) is 7.66. The minimum Gasteiger partial charge on any atom is -0.494 e. The van der Waals surface area contributed by atoms with Crippen LogP contribution in [0.5, 0.6) is 5.75 Å². The van der Waals surface area contributed by atoms with Gasteiger partial charge in [0, 0.05) is 24.1 Å². The molecule has 1 N–H and O–H groups in total. The summed E-state index contributed by atoms with van der Waals surface area (Å²) in [7, 11) is -3.85. The smallest absolute Gasteiger partial charge is 0.261 e. The Hall–Kier alpha value is -2.19. The number of sulfonamides is 1. The molecular formula is C22H28N2O4S2. The fourth-order valence-electron chi connectivity index (χ4n) is 3.50. The number of nitrogens with zero attached hydrogens (tertiary/aromatic N) is 1. The standard InChI is InChI=1S/C22H28N2O4S2/c1-3-28-18-10-8-9-17(15-18)23-30(26,27)19-11-12-21(29-2)20(16-19)22(25)24-13-6-4-5-7-14-24/h8-12,15-16,23H,3-7,13-14H2,1-2H3. The quantitative estimate of drug-likeness (QED) is 0.625. The molecule has 162 valence electrons. The van der Waals surface area contributed by atoms with Crippen molar-refractivity contribution in [2.45, 2.75) is 42.4 Å². The van der Waals surface area contributed by atoms with Crippen LogP contribution < -0.4 is 9.46 Å². The van der Waals surface area contributed by atoms with Crippen molar-refractivity contribution in [3.63, 3.8) is 0 Å². The second kappa shape index (κ2) is 10.2. The molecule has 3 rings (SSSR count). The van der Waals surface area contributed by atoms with Crippen LogP contribution in [-0.4, -0.2) is 45.2 Å². The molecular weight excluding hydrogens is 420 g/mol. The molecule has 1 aliphatic rings. The van der Waals surface area contributed by atoms with Crippen molar-refractivity contribution in [3.8, 4) is 5.75 Å². The van der Waals surface area contributed by atoms with Gasteiger partial charge in [0.2, 0.25) is 0 Å². The molecule has 1 heterocycles. The highest BCUT2D eigenvalue weighted by Gasteiger charge is 2.23. The van der Waals surface area contributed by atoms with E-state index in [1.54, 1.807) is 36.4 Å². The third-order valence-electron chi connectivity index (χ3n) is 5.00. The molecule has 0 unspecified atom stereocenters.